The molecule has 0 atom stereocenters. The Kier molecular flexibility index (Phi) is 14.3. The van der Waals surface area contributed by atoms with Gasteiger partial charge in [-0.1, -0.05) is 84.4 Å². The van der Waals surface area contributed by atoms with Crippen LogP contribution in [-0.2, 0) is 26.7 Å². The molecule has 245 valence electrons. The second-order valence-electron chi connectivity index (χ2n) is 9.40. The van der Waals surface area contributed by atoms with Gasteiger partial charge in [0, 0.05) is 62.0 Å². The van der Waals surface area contributed by atoms with Gasteiger partial charge in [0.1, 0.15) is 6.61 Å². The van der Waals surface area contributed by atoms with E-state index in [4.69, 9.17) is 9.84 Å². The van der Waals surface area contributed by atoms with Crippen LogP contribution in [0.1, 0.15) is 21.6 Å². The SMILES string of the molecule is C=Cc1ccc(COc2cccnc2C(=O)O)cc1.Fc1c[c-]c(-c2ccccn2)c(F)c1.Fc1c[c-]c(-c2ccccn2)c(F)c1.[Ir]. The van der Waals surface area contributed by atoms with Crippen molar-refractivity contribution in [2.75, 3.05) is 0 Å². The Morgan fingerprint density at radius 1 is 0.750 bits per heavy atom. The van der Waals surface area contributed by atoms with Crippen molar-refractivity contribution in [3.8, 4) is 28.3 Å². The molecular weight excluding hydrogens is 803 g/mol. The number of ether oxygens (including phenoxy) is 1. The molecule has 3 aromatic heterocycles. The van der Waals surface area contributed by atoms with Crippen molar-refractivity contribution in [2.45, 2.75) is 6.61 Å². The molecule has 48 heavy (non-hydrogen) atoms. The van der Waals surface area contributed by atoms with Crippen molar-refractivity contribution >= 4 is 12.0 Å². The van der Waals surface area contributed by atoms with Crippen molar-refractivity contribution in [3.05, 3.63) is 174 Å². The average molecular weight is 828 g/mol. The monoisotopic (exact) mass is 828 g/mol. The molecule has 1 N–H and O–H groups in total. The molecule has 11 heteroatoms. The number of carboxylic acids is 1. The number of carboxylic acid groups (broad SMARTS) is 1. The van der Waals surface area contributed by atoms with Crippen LogP contribution in [0.4, 0.5) is 17.6 Å². The van der Waals surface area contributed by atoms with Gasteiger partial charge in [0.2, 0.25) is 0 Å². The number of rotatable bonds is 7. The number of hydrogen-bond donors (Lipinski definition) is 1. The molecular formula is C37H25F4IrN3O3-2. The van der Waals surface area contributed by atoms with Gasteiger partial charge in [0.15, 0.2) is 11.4 Å². The number of aromatic nitrogens is 3. The minimum absolute atomic E-state index is 0. The fourth-order valence-corrected chi connectivity index (χ4v) is 3.88. The third-order valence-electron chi connectivity index (χ3n) is 6.14. The first-order valence-electron chi connectivity index (χ1n) is 13.8. The normalized spacial score (nSPS) is 9.83. The number of pyridine rings is 3. The summed E-state index contributed by atoms with van der Waals surface area (Å²) in [5, 5.41) is 8.98. The van der Waals surface area contributed by atoms with E-state index in [9.17, 15) is 22.4 Å². The molecule has 0 bridgehead atoms. The molecule has 3 heterocycles. The van der Waals surface area contributed by atoms with E-state index >= 15 is 0 Å². The fraction of sp³-hybridized carbons (Fsp3) is 0.0270. The minimum atomic E-state index is -1.10. The van der Waals surface area contributed by atoms with Crippen LogP contribution in [0.2, 0.25) is 0 Å². The molecule has 0 aliphatic heterocycles. The van der Waals surface area contributed by atoms with Gasteiger partial charge in [0.05, 0.1) is 0 Å². The number of benzene rings is 3. The summed E-state index contributed by atoms with van der Waals surface area (Å²) >= 11 is 0. The van der Waals surface area contributed by atoms with E-state index in [2.05, 4.69) is 33.7 Å². The molecule has 0 aliphatic rings. The molecule has 3 aromatic carbocycles. The van der Waals surface area contributed by atoms with Crippen molar-refractivity contribution in [1.29, 1.82) is 0 Å². The molecule has 0 amide bonds. The smallest absolute Gasteiger partial charge is 0.358 e. The molecule has 0 aliphatic carbocycles. The van der Waals surface area contributed by atoms with Crippen LogP contribution in [0.3, 0.4) is 0 Å². The van der Waals surface area contributed by atoms with Gasteiger partial charge >= 0.3 is 5.97 Å². The zero-order valence-electron chi connectivity index (χ0n) is 24.9. The summed E-state index contributed by atoms with van der Waals surface area (Å²) in [5.41, 5.74) is 3.17. The van der Waals surface area contributed by atoms with E-state index in [0.29, 0.717) is 18.0 Å². The molecule has 0 saturated carbocycles. The standard InChI is InChI=1S/C15H13NO3.2C11H6F2N.Ir/c1-2-11-5-7-12(8-6-11)10-19-13-4-3-9-16-14(13)15(17)18;2*12-8-4-5-9(10(13)7-8)11-3-1-2-6-14-11;/h2-9H,1,10H2,(H,17,18);2*1-4,6-7H;/q;2*-1;. The Morgan fingerprint density at radius 2 is 1.27 bits per heavy atom. The Bertz CT molecular complexity index is 1840. The molecule has 0 fully saturated rings. The van der Waals surface area contributed by atoms with E-state index in [-0.39, 0.29) is 42.7 Å². The molecule has 0 unspecified atom stereocenters. The van der Waals surface area contributed by atoms with Crippen molar-refractivity contribution in [3.63, 3.8) is 0 Å². The summed E-state index contributed by atoms with van der Waals surface area (Å²) in [4.78, 5) is 22.6. The van der Waals surface area contributed by atoms with Crippen LogP contribution in [-0.4, -0.2) is 26.0 Å². The number of carbonyl (C=O) groups is 1. The van der Waals surface area contributed by atoms with Crippen LogP contribution in [0, 0.1) is 35.4 Å². The first kappa shape index (κ1) is 37.0. The maximum Gasteiger partial charge on any atom is 0.358 e. The van der Waals surface area contributed by atoms with E-state index in [1.54, 1.807) is 67.0 Å². The topological polar surface area (TPSA) is 85.2 Å². The summed E-state index contributed by atoms with van der Waals surface area (Å²) in [5.74, 6) is -3.41. The average Bonchev–Trinajstić information content (AvgIpc) is 3.09. The molecule has 0 saturated heterocycles. The summed E-state index contributed by atoms with van der Waals surface area (Å²) in [6.07, 6.45) is 6.28. The predicted octanol–water partition coefficient (Wildman–Crippen LogP) is 8.65. The Labute approximate surface area is 287 Å². The third-order valence-corrected chi connectivity index (χ3v) is 6.14. The zero-order chi connectivity index (χ0) is 33.6. The Hall–Kier alpha value is -5.51. The molecule has 6 nitrogen and oxygen atoms in total. The van der Waals surface area contributed by atoms with Crippen molar-refractivity contribution in [1.82, 2.24) is 15.0 Å². The van der Waals surface area contributed by atoms with Crippen LogP contribution in [0.25, 0.3) is 28.6 Å². The number of hydrogen-bond acceptors (Lipinski definition) is 5. The van der Waals surface area contributed by atoms with Gasteiger partial charge in [-0.2, -0.15) is 0 Å². The molecule has 1 radical (unpaired) electrons. The first-order valence-corrected chi connectivity index (χ1v) is 13.8. The first-order chi connectivity index (χ1) is 22.7. The summed E-state index contributed by atoms with van der Waals surface area (Å²) in [6.45, 7) is 3.98. The van der Waals surface area contributed by atoms with E-state index in [1.807, 2.05) is 24.3 Å². The predicted molar refractivity (Wildman–Crippen MR) is 169 cm³/mol. The van der Waals surface area contributed by atoms with Gasteiger partial charge in [-0.25, -0.2) is 9.78 Å². The van der Waals surface area contributed by atoms with E-state index in [1.165, 1.54) is 6.20 Å². The van der Waals surface area contributed by atoms with Gasteiger partial charge in [0.25, 0.3) is 0 Å². The second-order valence-corrected chi connectivity index (χ2v) is 9.40. The van der Waals surface area contributed by atoms with Gasteiger partial charge in [-0.15, -0.1) is 24.3 Å². The molecule has 6 rings (SSSR count). The van der Waals surface area contributed by atoms with Gasteiger partial charge < -0.3 is 19.8 Å². The quantitative estimate of drug-likeness (QED) is 0.128. The summed E-state index contributed by atoms with van der Waals surface area (Å²) in [7, 11) is 0. The summed E-state index contributed by atoms with van der Waals surface area (Å²) < 4.78 is 57.1. The van der Waals surface area contributed by atoms with Crippen LogP contribution in [0.15, 0.2) is 122 Å². The fourth-order valence-electron chi connectivity index (χ4n) is 3.88. The van der Waals surface area contributed by atoms with Crippen LogP contribution < -0.4 is 4.74 Å². The zero-order valence-corrected chi connectivity index (χ0v) is 27.3. The Balaban J connectivity index is 0.000000197. The van der Waals surface area contributed by atoms with Crippen LogP contribution in [0.5, 0.6) is 5.75 Å². The van der Waals surface area contributed by atoms with Crippen molar-refractivity contribution in [2.24, 2.45) is 0 Å². The van der Waals surface area contributed by atoms with E-state index < -0.39 is 29.2 Å². The van der Waals surface area contributed by atoms with E-state index in [0.717, 1.165) is 35.4 Å². The molecule has 0 spiro atoms. The number of halogens is 4. The number of nitrogens with zero attached hydrogens (tertiary/aromatic N) is 3. The largest absolute Gasteiger partial charge is 0.486 e. The van der Waals surface area contributed by atoms with Crippen molar-refractivity contribution < 1.29 is 52.3 Å². The third kappa shape index (κ3) is 10.8. The Morgan fingerprint density at radius 3 is 1.71 bits per heavy atom. The molecule has 6 aromatic rings. The minimum Gasteiger partial charge on any atom is -0.486 e. The van der Waals surface area contributed by atoms with Gasteiger partial charge in [-0.3, -0.25) is 17.6 Å². The number of aromatic carboxylic acids is 1. The second kappa shape index (κ2) is 18.6. The summed E-state index contributed by atoms with van der Waals surface area (Å²) in [6, 6.07) is 30.0. The van der Waals surface area contributed by atoms with Crippen LogP contribution >= 0.6 is 0 Å². The maximum atomic E-state index is 13.2. The maximum absolute atomic E-state index is 13.2. The van der Waals surface area contributed by atoms with Gasteiger partial charge in [-0.05, 0) is 46.8 Å².